The van der Waals surface area contributed by atoms with Gasteiger partial charge in [-0.2, -0.15) is 0 Å². The fourth-order valence-electron chi connectivity index (χ4n) is 3.46. The van der Waals surface area contributed by atoms with Gasteiger partial charge in [-0.3, -0.25) is 9.59 Å². The van der Waals surface area contributed by atoms with Gasteiger partial charge in [0, 0.05) is 37.6 Å². The molecule has 30 heavy (non-hydrogen) atoms. The predicted molar refractivity (Wildman–Crippen MR) is 116 cm³/mol. The molecule has 0 radical (unpaired) electrons. The van der Waals surface area contributed by atoms with E-state index < -0.39 is 0 Å². The summed E-state index contributed by atoms with van der Waals surface area (Å²) in [7, 11) is 1.53. The van der Waals surface area contributed by atoms with Crippen molar-refractivity contribution in [2.24, 2.45) is 0 Å². The van der Waals surface area contributed by atoms with Gasteiger partial charge < -0.3 is 19.3 Å². The normalized spacial score (nSPS) is 13.8. The monoisotopic (exact) mass is 430 g/mol. The second kappa shape index (κ2) is 10.3. The minimum Gasteiger partial charge on any atom is -0.496 e. The van der Waals surface area contributed by atoms with Crippen molar-refractivity contribution < 1.29 is 19.1 Å². The van der Waals surface area contributed by atoms with Crippen LogP contribution >= 0.6 is 11.6 Å². The lowest BCUT2D eigenvalue weighted by molar-refractivity contribution is -0.132. The number of ether oxygens (including phenoxy) is 2. The zero-order chi connectivity index (χ0) is 21.5. The molecular formula is C23H27ClN2O4. The highest BCUT2D eigenvalue weighted by Crippen LogP contribution is 2.24. The molecule has 2 aromatic rings. The largest absolute Gasteiger partial charge is 0.496 e. The zero-order valence-electron chi connectivity index (χ0n) is 17.4. The van der Waals surface area contributed by atoms with Crippen LogP contribution in [0, 0.1) is 6.92 Å². The molecule has 160 valence electrons. The lowest BCUT2D eigenvalue weighted by Gasteiger charge is -2.35. The van der Waals surface area contributed by atoms with Crippen LogP contribution in [0.4, 0.5) is 0 Å². The Labute approximate surface area is 182 Å². The van der Waals surface area contributed by atoms with Crippen LogP contribution in [-0.2, 0) is 4.79 Å². The zero-order valence-corrected chi connectivity index (χ0v) is 18.2. The van der Waals surface area contributed by atoms with Gasteiger partial charge in [0.05, 0.1) is 19.3 Å². The maximum absolute atomic E-state index is 12.8. The third kappa shape index (κ3) is 5.45. The molecule has 6 nitrogen and oxygen atoms in total. The third-order valence-electron chi connectivity index (χ3n) is 5.20. The van der Waals surface area contributed by atoms with Gasteiger partial charge in [0.2, 0.25) is 5.91 Å². The lowest BCUT2D eigenvalue weighted by atomic mass is 10.1. The van der Waals surface area contributed by atoms with E-state index in [1.54, 1.807) is 23.1 Å². The fraction of sp³-hybridized carbons (Fsp3) is 0.391. The molecule has 0 atom stereocenters. The van der Waals surface area contributed by atoms with Gasteiger partial charge in [-0.1, -0.05) is 29.8 Å². The van der Waals surface area contributed by atoms with Crippen LogP contribution in [0.5, 0.6) is 11.5 Å². The molecular weight excluding hydrogens is 404 g/mol. The predicted octanol–water partition coefficient (Wildman–Crippen LogP) is 3.80. The third-order valence-corrected chi connectivity index (χ3v) is 5.43. The van der Waals surface area contributed by atoms with E-state index in [9.17, 15) is 9.59 Å². The number of rotatable bonds is 7. The molecule has 1 aliphatic heterocycles. The van der Waals surface area contributed by atoms with E-state index in [1.807, 2.05) is 36.1 Å². The van der Waals surface area contributed by atoms with Crippen LogP contribution < -0.4 is 9.47 Å². The molecule has 0 spiro atoms. The van der Waals surface area contributed by atoms with E-state index in [1.165, 1.54) is 7.11 Å². The second-order valence-electron chi connectivity index (χ2n) is 7.24. The number of methoxy groups -OCH3 is 1. The van der Waals surface area contributed by atoms with Crippen LogP contribution in [0.15, 0.2) is 42.5 Å². The summed E-state index contributed by atoms with van der Waals surface area (Å²) < 4.78 is 11.0. The molecule has 0 unspecified atom stereocenters. The van der Waals surface area contributed by atoms with Gasteiger partial charge in [-0.25, -0.2) is 0 Å². The maximum Gasteiger partial charge on any atom is 0.257 e. The Morgan fingerprint density at radius 1 is 1.00 bits per heavy atom. The highest BCUT2D eigenvalue weighted by molar-refractivity contribution is 6.31. The van der Waals surface area contributed by atoms with E-state index in [4.69, 9.17) is 21.1 Å². The molecule has 0 aliphatic carbocycles. The molecule has 1 fully saturated rings. The smallest absolute Gasteiger partial charge is 0.257 e. The van der Waals surface area contributed by atoms with Crippen molar-refractivity contribution in [3.63, 3.8) is 0 Å². The Kier molecular flexibility index (Phi) is 7.57. The molecule has 0 aromatic heterocycles. The number of nitrogens with zero attached hydrogens (tertiary/aromatic N) is 2. The minimum absolute atomic E-state index is 0.0934. The lowest BCUT2D eigenvalue weighted by Crippen LogP contribution is -2.50. The summed E-state index contributed by atoms with van der Waals surface area (Å²) in [5.74, 6) is 1.31. The van der Waals surface area contributed by atoms with Crippen LogP contribution in [-0.4, -0.2) is 61.5 Å². The molecule has 7 heteroatoms. The molecule has 1 saturated heterocycles. The number of carbonyl (C=O) groups excluding carboxylic acids is 2. The average Bonchev–Trinajstić information content (AvgIpc) is 2.77. The number of carbonyl (C=O) groups is 2. The van der Waals surface area contributed by atoms with Crippen molar-refractivity contribution in [3.8, 4) is 11.5 Å². The summed E-state index contributed by atoms with van der Waals surface area (Å²) >= 11 is 6.04. The van der Waals surface area contributed by atoms with E-state index in [0.29, 0.717) is 62.0 Å². The Morgan fingerprint density at radius 2 is 1.70 bits per heavy atom. The highest BCUT2D eigenvalue weighted by atomic mass is 35.5. The number of benzene rings is 2. The van der Waals surface area contributed by atoms with Gasteiger partial charge in [-0.15, -0.1) is 0 Å². The SMILES string of the molecule is COc1ccc(Cl)cc1C(=O)N1CCN(C(=O)CCCOc2ccccc2C)CC1. The molecule has 3 rings (SSSR count). The average molecular weight is 431 g/mol. The second-order valence-corrected chi connectivity index (χ2v) is 7.67. The van der Waals surface area contributed by atoms with E-state index in [-0.39, 0.29) is 11.8 Å². The van der Waals surface area contributed by atoms with Crippen molar-refractivity contribution >= 4 is 23.4 Å². The first-order chi connectivity index (χ1) is 14.5. The molecule has 1 aliphatic rings. The summed E-state index contributed by atoms with van der Waals surface area (Å²) in [6, 6.07) is 12.8. The summed E-state index contributed by atoms with van der Waals surface area (Å²) in [6.07, 6.45) is 1.09. The topological polar surface area (TPSA) is 59.1 Å². The summed E-state index contributed by atoms with van der Waals surface area (Å²) in [5.41, 5.74) is 1.53. The Morgan fingerprint density at radius 3 is 2.40 bits per heavy atom. The van der Waals surface area contributed by atoms with Gasteiger partial charge in [0.15, 0.2) is 0 Å². The highest BCUT2D eigenvalue weighted by Gasteiger charge is 2.26. The van der Waals surface area contributed by atoms with Crippen molar-refractivity contribution in [1.82, 2.24) is 9.80 Å². The van der Waals surface area contributed by atoms with Crippen molar-refractivity contribution in [3.05, 3.63) is 58.6 Å². The van der Waals surface area contributed by atoms with Crippen LogP contribution in [0.1, 0.15) is 28.8 Å². The number of halogens is 1. The number of piperazine rings is 1. The quantitative estimate of drug-likeness (QED) is 0.627. The fourth-order valence-corrected chi connectivity index (χ4v) is 3.63. The van der Waals surface area contributed by atoms with Crippen LogP contribution in [0.25, 0.3) is 0 Å². The first-order valence-electron chi connectivity index (χ1n) is 10.1. The number of hydrogen-bond donors (Lipinski definition) is 0. The Bertz CT molecular complexity index is 895. The standard InChI is InChI=1S/C23H27ClN2O4/c1-17-6-3-4-7-20(17)30-15-5-8-22(27)25-11-13-26(14-12-25)23(28)19-16-18(24)9-10-21(19)29-2/h3-4,6-7,9-10,16H,5,8,11-15H2,1-2H3. The molecule has 0 bridgehead atoms. The first kappa shape index (κ1) is 22.0. The van der Waals surface area contributed by atoms with Crippen molar-refractivity contribution in [1.29, 1.82) is 0 Å². The molecule has 2 amide bonds. The minimum atomic E-state index is -0.131. The molecule has 2 aromatic carbocycles. The number of aryl methyl sites for hydroxylation is 1. The van der Waals surface area contributed by atoms with Gasteiger partial charge in [0.25, 0.3) is 5.91 Å². The molecule has 0 saturated carbocycles. The summed E-state index contributed by atoms with van der Waals surface area (Å²) in [6.45, 7) is 4.52. The van der Waals surface area contributed by atoms with Gasteiger partial charge in [0.1, 0.15) is 11.5 Å². The molecule has 1 heterocycles. The number of amides is 2. The Hall–Kier alpha value is -2.73. The van der Waals surface area contributed by atoms with Crippen LogP contribution in [0.2, 0.25) is 5.02 Å². The first-order valence-corrected chi connectivity index (χ1v) is 10.5. The summed E-state index contributed by atoms with van der Waals surface area (Å²) in [5, 5.41) is 0.487. The number of hydrogen-bond acceptors (Lipinski definition) is 4. The van der Waals surface area contributed by atoms with Crippen molar-refractivity contribution in [2.75, 3.05) is 39.9 Å². The van der Waals surface area contributed by atoms with E-state index in [2.05, 4.69) is 0 Å². The van der Waals surface area contributed by atoms with Gasteiger partial charge >= 0.3 is 0 Å². The van der Waals surface area contributed by atoms with Crippen molar-refractivity contribution in [2.45, 2.75) is 19.8 Å². The van der Waals surface area contributed by atoms with Gasteiger partial charge in [-0.05, 0) is 43.2 Å². The van der Waals surface area contributed by atoms with E-state index >= 15 is 0 Å². The summed E-state index contributed by atoms with van der Waals surface area (Å²) in [4.78, 5) is 28.9. The maximum atomic E-state index is 12.8. The van der Waals surface area contributed by atoms with Crippen LogP contribution in [0.3, 0.4) is 0 Å². The number of para-hydroxylation sites is 1. The Balaban J connectivity index is 1.45. The molecule has 0 N–H and O–H groups in total. The van der Waals surface area contributed by atoms with E-state index in [0.717, 1.165) is 11.3 Å².